The van der Waals surface area contributed by atoms with E-state index in [1.54, 1.807) is 0 Å². The molecule has 1 saturated carbocycles. The number of amidine groups is 1. The highest BCUT2D eigenvalue weighted by atomic mass is 15.2. The lowest BCUT2D eigenvalue weighted by Crippen LogP contribution is -2.35. The van der Waals surface area contributed by atoms with Gasteiger partial charge in [-0.05, 0) is 57.5 Å². The number of likely N-dealkylation sites (tertiary alicyclic amines) is 1. The van der Waals surface area contributed by atoms with Crippen LogP contribution >= 0.6 is 0 Å². The van der Waals surface area contributed by atoms with Crippen molar-refractivity contribution in [3.63, 3.8) is 0 Å². The fourth-order valence-corrected chi connectivity index (χ4v) is 4.02. The van der Waals surface area contributed by atoms with Gasteiger partial charge in [-0.2, -0.15) is 0 Å². The summed E-state index contributed by atoms with van der Waals surface area (Å²) in [7, 11) is 0. The molecule has 0 spiro atoms. The van der Waals surface area contributed by atoms with Gasteiger partial charge in [0.2, 0.25) is 0 Å². The quantitative estimate of drug-likeness (QED) is 0.423. The van der Waals surface area contributed by atoms with Crippen molar-refractivity contribution in [3.8, 4) is 0 Å². The summed E-state index contributed by atoms with van der Waals surface area (Å²) in [6.07, 6.45) is 12.2. The molecule has 0 radical (unpaired) electrons. The Bertz CT molecular complexity index is 318. The van der Waals surface area contributed by atoms with Crippen LogP contribution in [0, 0.1) is 16.7 Å². The van der Waals surface area contributed by atoms with E-state index in [-0.39, 0.29) is 5.41 Å². The van der Waals surface area contributed by atoms with Crippen LogP contribution in [0.15, 0.2) is 0 Å². The van der Waals surface area contributed by atoms with Crippen molar-refractivity contribution < 1.29 is 0 Å². The molecule has 0 bridgehead atoms. The summed E-state index contributed by atoms with van der Waals surface area (Å²) in [6, 6.07) is 0.887. The average Bonchev–Trinajstić information content (AvgIpc) is 3.04. The highest BCUT2D eigenvalue weighted by Gasteiger charge is 2.32. The second-order valence-electron chi connectivity index (χ2n) is 7.54. The molecular weight excluding hydrogens is 246 g/mol. The molecule has 1 aliphatic heterocycles. The van der Waals surface area contributed by atoms with E-state index in [0.29, 0.717) is 5.84 Å². The zero-order valence-electron chi connectivity index (χ0n) is 13.5. The van der Waals surface area contributed by atoms with Crippen molar-refractivity contribution in [1.29, 1.82) is 5.41 Å². The fraction of sp³-hybridized carbons (Fsp3) is 0.941. The average molecular weight is 279 g/mol. The van der Waals surface area contributed by atoms with Crippen LogP contribution in [-0.2, 0) is 0 Å². The third kappa shape index (κ3) is 3.97. The fourth-order valence-electron chi connectivity index (χ4n) is 4.02. The first-order valence-corrected chi connectivity index (χ1v) is 8.59. The van der Waals surface area contributed by atoms with Gasteiger partial charge >= 0.3 is 0 Å². The lowest BCUT2D eigenvalue weighted by Gasteiger charge is -2.30. The maximum absolute atomic E-state index is 7.61. The van der Waals surface area contributed by atoms with E-state index in [9.17, 15) is 0 Å². The Morgan fingerprint density at radius 1 is 1.15 bits per heavy atom. The second-order valence-corrected chi connectivity index (χ2v) is 7.54. The van der Waals surface area contributed by atoms with E-state index >= 15 is 0 Å². The predicted molar refractivity (Wildman–Crippen MR) is 86.1 cm³/mol. The van der Waals surface area contributed by atoms with Gasteiger partial charge in [-0.15, -0.1) is 0 Å². The Morgan fingerprint density at radius 2 is 1.85 bits per heavy atom. The summed E-state index contributed by atoms with van der Waals surface area (Å²) in [6.45, 7) is 6.76. The van der Waals surface area contributed by atoms with Gasteiger partial charge in [0.05, 0.1) is 5.84 Å². The van der Waals surface area contributed by atoms with Crippen LogP contribution in [-0.4, -0.2) is 29.9 Å². The van der Waals surface area contributed by atoms with Crippen LogP contribution < -0.4 is 5.73 Å². The molecule has 2 aliphatic rings. The van der Waals surface area contributed by atoms with Gasteiger partial charge in [0.15, 0.2) is 0 Å². The molecule has 20 heavy (non-hydrogen) atoms. The van der Waals surface area contributed by atoms with Crippen molar-refractivity contribution in [2.24, 2.45) is 17.1 Å². The van der Waals surface area contributed by atoms with Crippen molar-refractivity contribution in [2.75, 3.05) is 13.1 Å². The van der Waals surface area contributed by atoms with Gasteiger partial charge in [0.1, 0.15) is 0 Å². The van der Waals surface area contributed by atoms with E-state index in [1.807, 2.05) is 0 Å². The first-order chi connectivity index (χ1) is 9.50. The molecule has 1 heterocycles. The van der Waals surface area contributed by atoms with Gasteiger partial charge < -0.3 is 10.6 Å². The predicted octanol–water partition coefficient (Wildman–Crippen LogP) is 3.77. The number of rotatable bonds is 7. The van der Waals surface area contributed by atoms with Gasteiger partial charge in [0, 0.05) is 11.5 Å². The molecule has 0 aromatic rings. The smallest absolute Gasteiger partial charge is 0.0963 e. The van der Waals surface area contributed by atoms with E-state index < -0.39 is 0 Å². The Morgan fingerprint density at radius 3 is 2.50 bits per heavy atom. The van der Waals surface area contributed by atoms with Crippen LogP contribution in [0.25, 0.3) is 0 Å². The normalized spacial score (nSPS) is 25.4. The van der Waals surface area contributed by atoms with Gasteiger partial charge in [-0.1, -0.05) is 33.1 Å². The van der Waals surface area contributed by atoms with Gasteiger partial charge in [-0.25, -0.2) is 0 Å². The van der Waals surface area contributed by atoms with Crippen LogP contribution in [0.4, 0.5) is 0 Å². The minimum Gasteiger partial charge on any atom is -0.387 e. The number of nitrogens with two attached hydrogens (primary N) is 1. The molecule has 1 aliphatic carbocycles. The molecule has 2 fully saturated rings. The van der Waals surface area contributed by atoms with E-state index in [1.165, 1.54) is 64.5 Å². The Hall–Kier alpha value is -0.570. The van der Waals surface area contributed by atoms with Gasteiger partial charge in [0.25, 0.3) is 0 Å². The molecule has 0 amide bonds. The summed E-state index contributed by atoms with van der Waals surface area (Å²) < 4.78 is 0. The van der Waals surface area contributed by atoms with Gasteiger partial charge in [-0.3, -0.25) is 5.41 Å². The van der Waals surface area contributed by atoms with Crippen LogP contribution in [0.2, 0.25) is 0 Å². The molecule has 1 atom stereocenters. The zero-order valence-corrected chi connectivity index (χ0v) is 13.5. The van der Waals surface area contributed by atoms with Crippen LogP contribution in [0.3, 0.4) is 0 Å². The Kier molecular flexibility index (Phi) is 5.48. The summed E-state index contributed by atoms with van der Waals surface area (Å²) in [4.78, 5) is 2.76. The Balaban J connectivity index is 1.69. The second kappa shape index (κ2) is 6.93. The lowest BCUT2D eigenvalue weighted by molar-refractivity contribution is 0.186. The number of nitrogens with one attached hydrogen (secondary N) is 1. The third-order valence-corrected chi connectivity index (χ3v) is 5.58. The molecule has 1 saturated heterocycles. The standard InChI is InChI=1S/C17H33N3/c1-17(2,16(18)19)11-5-6-12-20-13-7-10-15(20)14-8-3-4-9-14/h14-15H,3-13H2,1-2H3,(H3,18,19). The summed E-state index contributed by atoms with van der Waals surface area (Å²) >= 11 is 0. The van der Waals surface area contributed by atoms with E-state index in [2.05, 4.69) is 18.7 Å². The van der Waals surface area contributed by atoms with Crippen molar-refractivity contribution in [2.45, 2.75) is 77.7 Å². The SMILES string of the molecule is CC(C)(CCCCN1CCCC1C1CCCC1)C(=N)N. The van der Waals surface area contributed by atoms with Crippen molar-refractivity contribution in [1.82, 2.24) is 4.90 Å². The van der Waals surface area contributed by atoms with Crippen LogP contribution in [0.5, 0.6) is 0 Å². The molecule has 0 aromatic carbocycles. The Labute approximate surface area is 124 Å². The molecule has 0 aromatic heterocycles. The molecule has 3 heteroatoms. The first-order valence-electron chi connectivity index (χ1n) is 8.59. The molecule has 2 rings (SSSR count). The highest BCUT2D eigenvalue weighted by Crippen LogP contribution is 2.35. The first kappa shape index (κ1) is 15.8. The summed E-state index contributed by atoms with van der Waals surface area (Å²) in [5, 5.41) is 7.61. The largest absolute Gasteiger partial charge is 0.387 e. The van der Waals surface area contributed by atoms with E-state index in [0.717, 1.165) is 18.4 Å². The number of hydrogen-bond donors (Lipinski definition) is 2. The summed E-state index contributed by atoms with van der Waals surface area (Å²) in [5.74, 6) is 1.33. The third-order valence-electron chi connectivity index (χ3n) is 5.58. The maximum Gasteiger partial charge on any atom is 0.0963 e. The monoisotopic (exact) mass is 279 g/mol. The minimum absolute atomic E-state index is 0.115. The van der Waals surface area contributed by atoms with Crippen LogP contribution in [0.1, 0.15) is 71.6 Å². The molecule has 3 nitrogen and oxygen atoms in total. The lowest BCUT2D eigenvalue weighted by atomic mass is 9.86. The highest BCUT2D eigenvalue weighted by molar-refractivity contribution is 5.82. The molecule has 3 N–H and O–H groups in total. The molecular formula is C17H33N3. The minimum atomic E-state index is -0.115. The van der Waals surface area contributed by atoms with E-state index in [4.69, 9.17) is 11.1 Å². The topological polar surface area (TPSA) is 53.1 Å². The molecule has 1 unspecified atom stereocenters. The van der Waals surface area contributed by atoms with Crippen molar-refractivity contribution >= 4 is 5.84 Å². The van der Waals surface area contributed by atoms with Crippen molar-refractivity contribution in [3.05, 3.63) is 0 Å². The summed E-state index contributed by atoms with van der Waals surface area (Å²) in [5.41, 5.74) is 5.54. The zero-order chi connectivity index (χ0) is 14.6. The number of hydrogen-bond acceptors (Lipinski definition) is 2. The maximum atomic E-state index is 7.61. The number of nitrogens with zero attached hydrogens (tertiary/aromatic N) is 1. The molecule has 116 valence electrons. The number of unbranched alkanes of at least 4 members (excludes halogenated alkanes) is 1.